The standard InChI is InChI=1S/C23H25F3N6O3S/c1-35-18-8-5-15(10-19(18)36(2,33)34)16-6-7-17-20(30-16)21(27)32(13-23(24,25)26)22(28)31(17)12-14-4-3-9-29-11-14/h3-11,21-22H,12-13,27-28H2,1-2H3. The Kier molecular flexibility index (Phi) is 6.92. The molecule has 1 aromatic carbocycles. The summed E-state index contributed by atoms with van der Waals surface area (Å²) in [5.41, 5.74) is 14.7. The van der Waals surface area contributed by atoms with Crippen LogP contribution >= 0.6 is 0 Å². The summed E-state index contributed by atoms with van der Waals surface area (Å²) in [5.74, 6) is 0.167. The molecule has 36 heavy (non-hydrogen) atoms. The van der Waals surface area contributed by atoms with E-state index in [1.807, 2.05) is 0 Å². The van der Waals surface area contributed by atoms with Gasteiger partial charge in [0.15, 0.2) is 9.84 Å². The molecule has 0 saturated carbocycles. The van der Waals surface area contributed by atoms with Gasteiger partial charge in [-0.1, -0.05) is 6.07 Å². The van der Waals surface area contributed by atoms with Crippen molar-refractivity contribution < 1.29 is 26.3 Å². The molecule has 9 nitrogen and oxygen atoms in total. The van der Waals surface area contributed by atoms with Gasteiger partial charge in [-0.05, 0) is 42.0 Å². The summed E-state index contributed by atoms with van der Waals surface area (Å²) in [6.45, 7) is -1.17. The van der Waals surface area contributed by atoms with Crippen molar-refractivity contribution in [2.75, 3.05) is 24.8 Å². The quantitative estimate of drug-likeness (QED) is 0.502. The summed E-state index contributed by atoms with van der Waals surface area (Å²) < 4.78 is 69.9. The third-order valence-electron chi connectivity index (χ3n) is 5.80. The van der Waals surface area contributed by atoms with Gasteiger partial charge in [-0.3, -0.25) is 10.7 Å². The Balaban J connectivity index is 1.82. The maximum Gasteiger partial charge on any atom is 0.401 e. The summed E-state index contributed by atoms with van der Waals surface area (Å²) in [6, 6.07) is 11.3. The molecule has 0 saturated heterocycles. The number of nitrogens with zero attached hydrogens (tertiary/aromatic N) is 4. The van der Waals surface area contributed by atoms with E-state index < -0.39 is 35.0 Å². The molecule has 1 aliphatic rings. The number of rotatable bonds is 6. The van der Waals surface area contributed by atoms with Crippen molar-refractivity contribution in [2.45, 2.75) is 30.1 Å². The Bertz CT molecular complexity index is 1350. The van der Waals surface area contributed by atoms with Gasteiger partial charge in [-0.2, -0.15) is 13.2 Å². The number of halogens is 3. The van der Waals surface area contributed by atoms with Crippen LogP contribution in [0.3, 0.4) is 0 Å². The van der Waals surface area contributed by atoms with Crippen molar-refractivity contribution >= 4 is 15.5 Å². The van der Waals surface area contributed by atoms with E-state index in [-0.39, 0.29) is 22.9 Å². The molecule has 3 heterocycles. The van der Waals surface area contributed by atoms with Crippen molar-refractivity contribution in [3.05, 3.63) is 66.1 Å². The number of methoxy groups -OCH3 is 1. The molecular weight excluding hydrogens is 497 g/mol. The van der Waals surface area contributed by atoms with Crippen LogP contribution in [0.4, 0.5) is 18.9 Å². The molecule has 4 rings (SSSR count). The molecule has 3 aromatic rings. The van der Waals surface area contributed by atoms with Crippen molar-refractivity contribution in [1.82, 2.24) is 14.9 Å². The molecule has 192 valence electrons. The second-order valence-corrected chi connectivity index (χ2v) is 10.4. The van der Waals surface area contributed by atoms with Crippen LogP contribution in [0.25, 0.3) is 11.3 Å². The minimum atomic E-state index is -4.55. The van der Waals surface area contributed by atoms with Crippen LogP contribution in [-0.2, 0) is 16.4 Å². The Hall–Kier alpha value is -3.26. The van der Waals surface area contributed by atoms with Crippen molar-refractivity contribution in [3.8, 4) is 17.0 Å². The van der Waals surface area contributed by atoms with Crippen molar-refractivity contribution in [2.24, 2.45) is 11.5 Å². The van der Waals surface area contributed by atoms with Gasteiger partial charge < -0.3 is 15.4 Å². The summed E-state index contributed by atoms with van der Waals surface area (Å²) in [7, 11) is -2.27. The number of benzene rings is 1. The van der Waals surface area contributed by atoms with Crippen molar-refractivity contribution in [3.63, 3.8) is 0 Å². The fraction of sp³-hybridized carbons (Fsp3) is 0.304. The Morgan fingerprint density at radius 3 is 2.50 bits per heavy atom. The van der Waals surface area contributed by atoms with Gasteiger partial charge in [-0.25, -0.2) is 18.3 Å². The minimum absolute atomic E-state index is 0.0368. The lowest BCUT2D eigenvalue weighted by Crippen LogP contribution is -2.62. The summed E-state index contributed by atoms with van der Waals surface area (Å²) >= 11 is 0. The third-order valence-corrected chi connectivity index (χ3v) is 6.92. The van der Waals surface area contributed by atoms with Gasteiger partial charge >= 0.3 is 6.18 Å². The number of hydrogen-bond donors (Lipinski definition) is 2. The molecule has 0 radical (unpaired) electrons. The van der Waals surface area contributed by atoms with Gasteiger partial charge in [0.25, 0.3) is 0 Å². The number of hydrogen-bond acceptors (Lipinski definition) is 9. The monoisotopic (exact) mass is 522 g/mol. The SMILES string of the molecule is COc1ccc(-c2ccc3c(n2)C(N)N(CC(F)(F)F)C(N)N3Cc2cccnc2)cc1S(C)(=O)=O. The van der Waals surface area contributed by atoms with Gasteiger partial charge in [-0.15, -0.1) is 0 Å². The molecule has 0 fully saturated rings. The Morgan fingerprint density at radius 1 is 1.14 bits per heavy atom. The molecule has 2 atom stereocenters. The van der Waals surface area contributed by atoms with Crippen LogP contribution in [-0.4, -0.2) is 55.7 Å². The topological polar surface area (TPSA) is 128 Å². The number of nitrogens with two attached hydrogens (primary N) is 2. The number of anilines is 1. The predicted octanol–water partition coefficient (Wildman–Crippen LogP) is 2.64. The van der Waals surface area contributed by atoms with Crippen molar-refractivity contribution in [1.29, 1.82) is 0 Å². The van der Waals surface area contributed by atoms with E-state index in [1.165, 1.54) is 19.2 Å². The highest BCUT2D eigenvalue weighted by molar-refractivity contribution is 7.90. The highest BCUT2D eigenvalue weighted by Crippen LogP contribution is 2.38. The van der Waals surface area contributed by atoms with Gasteiger partial charge in [0.2, 0.25) is 0 Å². The molecule has 0 spiro atoms. The molecule has 1 aliphatic heterocycles. The van der Waals surface area contributed by atoms with Crippen LogP contribution in [0, 0.1) is 0 Å². The molecular formula is C23H25F3N6O3S. The highest BCUT2D eigenvalue weighted by atomic mass is 32.2. The van der Waals surface area contributed by atoms with Crippen LogP contribution in [0.2, 0.25) is 0 Å². The molecule has 2 unspecified atom stereocenters. The number of aromatic nitrogens is 2. The molecule has 0 aliphatic carbocycles. The molecule has 2 aromatic heterocycles. The summed E-state index contributed by atoms with van der Waals surface area (Å²) in [6.07, 6.45) is -2.75. The number of sulfone groups is 1. The zero-order valence-corrected chi connectivity index (χ0v) is 20.3. The summed E-state index contributed by atoms with van der Waals surface area (Å²) in [5, 5.41) is 0. The van der Waals surface area contributed by atoms with Crippen LogP contribution in [0.1, 0.15) is 17.4 Å². The molecule has 0 amide bonds. The van der Waals surface area contributed by atoms with Crippen LogP contribution in [0.5, 0.6) is 5.75 Å². The number of alkyl halides is 3. The first-order chi connectivity index (χ1) is 16.9. The Morgan fingerprint density at radius 2 is 1.89 bits per heavy atom. The van der Waals surface area contributed by atoms with E-state index in [9.17, 15) is 21.6 Å². The summed E-state index contributed by atoms with van der Waals surface area (Å²) in [4.78, 5) is 11.1. The fourth-order valence-corrected chi connectivity index (χ4v) is 4.98. The maximum atomic E-state index is 13.4. The van der Waals surface area contributed by atoms with E-state index in [0.29, 0.717) is 16.9 Å². The normalized spacial score (nSPS) is 18.7. The van der Waals surface area contributed by atoms with E-state index >= 15 is 0 Å². The van der Waals surface area contributed by atoms with Gasteiger partial charge in [0, 0.05) is 30.8 Å². The van der Waals surface area contributed by atoms with Crippen LogP contribution < -0.4 is 21.1 Å². The van der Waals surface area contributed by atoms with E-state index in [2.05, 4.69) is 9.97 Å². The van der Waals surface area contributed by atoms with E-state index in [1.54, 1.807) is 47.6 Å². The first-order valence-corrected chi connectivity index (χ1v) is 12.7. The third kappa shape index (κ3) is 5.28. The second-order valence-electron chi connectivity index (χ2n) is 8.37. The lowest BCUT2D eigenvalue weighted by Gasteiger charge is -2.46. The average Bonchev–Trinajstić information content (AvgIpc) is 2.83. The predicted molar refractivity (Wildman–Crippen MR) is 127 cm³/mol. The number of pyridine rings is 2. The smallest absolute Gasteiger partial charge is 0.401 e. The first-order valence-electron chi connectivity index (χ1n) is 10.8. The zero-order chi connectivity index (χ0) is 26.3. The van der Waals surface area contributed by atoms with Gasteiger partial charge in [0.05, 0.1) is 30.7 Å². The van der Waals surface area contributed by atoms with E-state index in [4.69, 9.17) is 16.2 Å². The molecule has 13 heteroatoms. The molecule has 0 bridgehead atoms. The lowest BCUT2D eigenvalue weighted by atomic mass is 10.1. The fourth-order valence-electron chi connectivity index (χ4n) is 4.12. The van der Waals surface area contributed by atoms with Gasteiger partial charge in [0.1, 0.15) is 23.1 Å². The minimum Gasteiger partial charge on any atom is -0.495 e. The zero-order valence-electron chi connectivity index (χ0n) is 19.5. The molecule has 4 N–H and O–H groups in total. The number of ether oxygens (including phenoxy) is 1. The second kappa shape index (κ2) is 9.65. The lowest BCUT2D eigenvalue weighted by molar-refractivity contribution is -0.158. The number of fused-ring (bicyclic) bond motifs is 1. The largest absolute Gasteiger partial charge is 0.495 e. The maximum absolute atomic E-state index is 13.4. The average molecular weight is 523 g/mol. The first kappa shape index (κ1) is 25.8. The van der Waals surface area contributed by atoms with E-state index in [0.717, 1.165) is 16.7 Å². The van der Waals surface area contributed by atoms with Crippen LogP contribution in [0.15, 0.2) is 59.8 Å². The Labute approximate surface area is 206 Å². The highest BCUT2D eigenvalue weighted by Gasteiger charge is 2.42.